The van der Waals surface area contributed by atoms with Crippen LogP contribution in [-0.4, -0.2) is 58.9 Å². The van der Waals surface area contributed by atoms with Crippen molar-refractivity contribution in [2.75, 3.05) is 0 Å². The van der Waals surface area contributed by atoms with Crippen molar-refractivity contribution in [1.29, 1.82) is 0 Å². The fraction of sp³-hybridized carbons (Fsp3) is 0.865. The third-order valence-electron chi connectivity index (χ3n) is 9.60. The highest BCUT2D eigenvalue weighted by Gasteiger charge is 2.39. The van der Waals surface area contributed by atoms with Crippen LogP contribution in [0, 0.1) is 0 Å². The summed E-state index contributed by atoms with van der Waals surface area (Å²) >= 11 is 0. The number of aliphatic hydroxyl groups is 2. The lowest BCUT2D eigenvalue weighted by Gasteiger charge is -2.22. The number of rotatable bonds is 24. The highest BCUT2D eigenvalue weighted by Crippen LogP contribution is 2.34. The van der Waals surface area contributed by atoms with Gasteiger partial charge >= 0.3 is 5.97 Å². The lowest BCUT2D eigenvalue weighted by Crippen LogP contribution is -2.31. The monoisotopic (exact) mass is 604 g/mol. The highest BCUT2D eigenvalue weighted by atomic mass is 16.6. The number of ether oxygens (including phenoxy) is 3. The number of unbranched alkanes of at least 4 members (excludes halogenated alkanes) is 12. The van der Waals surface area contributed by atoms with Crippen molar-refractivity contribution in [3.63, 3.8) is 0 Å². The first-order valence-corrected chi connectivity index (χ1v) is 18.2. The molecule has 248 valence electrons. The number of allylic oxidation sites excluding steroid dienone is 2. The summed E-state index contributed by atoms with van der Waals surface area (Å²) in [5.41, 5.74) is 0.612. The van der Waals surface area contributed by atoms with Gasteiger partial charge in [-0.05, 0) is 77.2 Å². The summed E-state index contributed by atoms with van der Waals surface area (Å²) in [7, 11) is 0. The second-order valence-corrected chi connectivity index (χ2v) is 13.5. The van der Waals surface area contributed by atoms with E-state index in [-0.39, 0.29) is 30.4 Å². The number of aliphatic hydroxyl groups excluding tert-OH is 2. The van der Waals surface area contributed by atoms with Crippen molar-refractivity contribution >= 4 is 5.97 Å². The van der Waals surface area contributed by atoms with Crippen LogP contribution in [0.4, 0.5) is 0 Å². The van der Waals surface area contributed by atoms with Crippen LogP contribution >= 0.6 is 0 Å². The van der Waals surface area contributed by atoms with Gasteiger partial charge in [-0.15, -0.1) is 0 Å². The van der Waals surface area contributed by atoms with Crippen molar-refractivity contribution in [1.82, 2.24) is 0 Å². The SMILES string of the molecule is CCCCCCCCCCCC/C=C\CC[C@H](O)[C@@H]1CC[C@@H]([C@@H]2CC[C@@H](CCCCC[C@@H](O)CC3=C[C@H](C)OC3=O)O2)O1. The van der Waals surface area contributed by atoms with E-state index in [1.54, 1.807) is 0 Å². The number of esters is 1. The Bertz CT molecular complexity index is 809. The molecule has 43 heavy (non-hydrogen) atoms. The molecule has 6 heteroatoms. The number of carbonyl (C=O) groups excluding carboxylic acids is 1. The van der Waals surface area contributed by atoms with Gasteiger partial charge in [-0.25, -0.2) is 4.79 Å². The molecule has 0 bridgehead atoms. The minimum atomic E-state index is -0.482. The summed E-state index contributed by atoms with van der Waals surface area (Å²) in [5, 5.41) is 21.0. The Morgan fingerprint density at radius 1 is 0.791 bits per heavy atom. The van der Waals surface area contributed by atoms with Crippen LogP contribution in [0.1, 0.15) is 162 Å². The quantitative estimate of drug-likeness (QED) is 0.0651. The first-order valence-electron chi connectivity index (χ1n) is 18.2. The van der Waals surface area contributed by atoms with Gasteiger partial charge in [0.1, 0.15) is 6.10 Å². The van der Waals surface area contributed by atoms with Gasteiger partial charge in [0.2, 0.25) is 0 Å². The van der Waals surface area contributed by atoms with Crippen molar-refractivity contribution in [3.05, 3.63) is 23.8 Å². The Balaban J connectivity index is 1.14. The third kappa shape index (κ3) is 14.6. The molecule has 2 N–H and O–H groups in total. The predicted octanol–water partition coefficient (Wildman–Crippen LogP) is 8.66. The maximum atomic E-state index is 11.7. The van der Waals surface area contributed by atoms with Crippen LogP contribution in [0.15, 0.2) is 23.8 Å². The molecule has 3 rings (SSSR count). The first-order chi connectivity index (χ1) is 21.0. The molecule has 7 atom stereocenters. The van der Waals surface area contributed by atoms with E-state index in [0.29, 0.717) is 24.5 Å². The van der Waals surface area contributed by atoms with Gasteiger partial charge in [-0.2, -0.15) is 0 Å². The molecule has 2 saturated heterocycles. The van der Waals surface area contributed by atoms with E-state index in [0.717, 1.165) is 70.6 Å². The zero-order chi connectivity index (χ0) is 30.7. The second-order valence-electron chi connectivity index (χ2n) is 13.5. The van der Waals surface area contributed by atoms with Crippen LogP contribution in [0.25, 0.3) is 0 Å². The van der Waals surface area contributed by atoms with Crippen molar-refractivity contribution < 1.29 is 29.2 Å². The van der Waals surface area contributed by atoms with E-state index in [2.05, 4.69) is 19.1 Å². The van der Waals surface area contributed by atoms with Crippen LogP contribution in [-0.2, 0) is 19.0 Å². The van der Waals surface area contributed by atoms with Gasteiger partial charge in [0.05, 0.1) is 36.6 Å². The zero-order valence-electron chi connectivity index (χ0n) is 27.6. The third-order valence-corrected chi connectivity index (χ3v) is 9.60. The van der Waals surface area contributed by atoms with E-state index in [1.807, 2.05) is 13.0 Å². The van der Waals surface area contributed by atoms with Crippen molar-refractivity contribution in [2.45, 2.75) is 204 Å². The lowest BCUT2D eigenvalue weighted by molar-refractivity contribution is -0.139. The molecule has 2 fully saturated rings. The van der Waals surface area contributed by atoms with E-state index < -0.39 is 12.2 Å². The summed E-state index contributed by atoms with van der Waals surface area (Å²) in [4.78, 5) is 11.7. The molecule has 0 saturated carbocycles. The highest BCUT2D eigenvalue weighted by molar-refractivity contribution is 5.90. The Morgan fingerprint density at radius 2 is 1.44 bits per heavy atom. The Kier molecular flexibility index (Phi) is 18.1. The van der Waals surface area contributed by atoms with Gasteiger partial charge in [-0.3, -0.25) is 0 Å². The summed E-state index contributed by atoms with van der Waals surface area (Å²) in [6, 6.07) is 0. The lowest BCUT2D eigenvalue weighted by atomic mass is 10.0. The number of hydrogen-bond acceptors (Lipinski definition) is 6. The van der Waals surface area contributed by atoms with Crippen LogP contribution in [0.5, 0.6) is 0 Å². The fourth-order valence-corrected chi connectivity index (χ4v) is 6.97. The van der Waals surface area contributed by atoms with Gasteiger partial charge in [0.25, 0.3) is 0 Å². The molecule has 0 aromatic carbocycles. The Labute approximate surface area is 263 Å². The maximum absolute atomic E-state index is 11.7. The molecule has 0 aliphatic carbocycles. The molecular formula is C37H64O6. The summed E-state index contributed by atoms with van der Waals surface area (Å²) < 4.78 is 17.8. The second kappa shape index (κ2) is 21.5. The van der Waals surface area contributed by atoms with Crippen LogP contribution in [0.2, 0.25) is 0 Å². The molecule has 3 aliphatic heterocycles. The Morgan fingerprint density at radius 3 is 2.16 bits per heavy atom. The van der Waals surface area contributed by atoms with Crippen LogP contribution in [0.3, 0.4) is 0 Å². The van der Waals surface area contributed by atoms with Crippen molar-refractivity contribution in [3.8, 4) is 0 Å². The zero-order valence-corrected chi connectivity index (χ0v) is 27.6. The average molecular weight is 605 g/mol. The number of cyclic esters (lactones) is 1. The molecule has 0 amide bonds. The predicted molar refractivity (Wildman–Crippen MR) is 174 cm³/mol. The molecule has 0 radical (unpaired) electrons. The largest absolute Gasteiger partial charge is 0.455 e. The van der Waals surface area contributed by atoms with Gasteiger partial charge < -0.3 is 24.4 Å². The van der Waals surface area contributed by atoms with E-state index >= 15 is 0 Å². The van der Waals surface area contributed by atoms with Gasteiger partial charge in [0, 0.05) is 12.0 Å². The summed E-state index contributed by atoms with van der Waals surface area (Å²) in [6.45, 7) is 4.12. The Hall–Kier alpha value is -1.21. The summed E-state index contributed by atoms with van der Waals surface area (Å²) in [6.07, 6.45) is 31.7. The minimum Gasteiger partial charge on any atom is -0.455 e. The molecule has 0 aromatic heterocycles. The number of hydrogen-bond donors (Lipinski definition) is 2. The topological polar surface area (TPSA) is 85.2 Å². The molecule has 6 nitrogen and oxygen atoms in total. The van der Waals surface area contributed by atoms with E-state index in [9.17, 15) is 15.0 Å². The van der Waals surface area contributed by atoms with E-state index in [1.165, 1.54) is 64.2 Å². The van der Waals surface area contributed by atoms with E-state index in [4.69, 9.17) is 14.2 Å². The number of carbonyl (C=O) groups is 1. The van der Waals surface area contributed by atoms with Crippen molar-refractivity contribution in [2.24, 2.45) is 0 Å². The fourth-order valence-electron chi connectivity index (χ4n) is 6.97. The van der Waals surface area contributed by atoms with Crippen LogP contribution < -0.4 is 0 Å². The molecule has 3 heterocycles. The van der Waals surface area contributed by atoms with Gasteiger partial charge in [0.15, 0.2) is 0 Å². The minimum absolute atomic E-state index is 0.0560. The molecule has 3 aliphatic rings. The maximum Gasteiger partial charge on any atom is 0.334 e. The smallest absolute Gasteiger partial charge is 0.334 e. The standard InChI is InChI=1S/C37H64O6/c1-3-4-5-6-7-8-9-10-11-12-13-14-15-19-22-33(39)34-25-26-36(43-34)35-24-23-32(42-35)21-18-16-17-20-31(38)28-30-27-29(2)41-37(30)40/h14-15,27,29,31-36,38-39H,3-13,16-26,28H2,1-2H3/b15-14-/t29-,31+,32+,33-,34-,35-,36-/m0/s1. The molecule has 0 spiro atoms. The van der Waals surface area contributed by atoms with Gasteiger partial charge in [-0.1, -0.05) is 96.1 Å². The molecule has 0 aromatic rings. The molecular weight excluding hydrogens is 540 g/mol. The first kappa shape index (κ1) is 36.3. The summed E-state index contributed by atoms with van der Waals surface area (Å²) in [5.74, 6) is -0.284. The normalized spacial score (nSPS) is 27.2. The molecule has 0 unspecified atom stereocenters. The average Bonchev–Trinajstić information content (AvgIpc) is 3.73.